The summed E-state index contributed by atoms with van der Waals surface area (Å²) in [6.07, 6.45) is -0.989. The molecular weight excluding hydrogens is 193 g/mol. The lowest BCUT2D eigenvalue weighted by molar-refractivity contribution is -0.757. The van der Waals surface area contributed by atoms with Crippen molar-refractivity contribution in [2.75, 3.05) is 19.3 Å². The molecule has 0 aliphatic rings. The second-order valence-electron chi connectivity index (χ2n) is 1.41. The number of rotatable bonds is 5. The molecule has 0 saturated heterocycles. The van der Waals surface area contributed by atoms with Gasteiger partial charge >= 0.3 is 6.16 Å². The molecule has 0 N–H and O–H groups in total. The van der Waals surface area contributed by atoms with E-state index in [-0.39, 0.29) is 19.3 Å². The van der Waals surface area contributed by atoms with Gasteiger partial charge in [0.05, 0.1) is 0 Å². The quantitative estimate of drug-likeness (QED) is 0.211. The molecule has 0 saturated carbocycles. The Morgan fingerprint density at radius 1 is 1.42 bits per heavy atom. The maximum atomic E-state index is 10.3. The Morgan fingerprint density at radius 2 is 2.08 bits per heavy atom. The molecule has 12 heavy (non-hydrogen) atoms. The van der Waals surface area contributed by atoms with Crippen molar-refractivity contribution < 1.29 is 24.2 Å². The second kappa shape index (κ2) is 6.47. The SMILES string of the molecule is O=C(OCCl)OCCO[N+](=O)[O-]. The topological polar surface area (TPSA) is 87.9 Å². The first-order valence-electron chi connectivity index (χ1n) is 2.79. The number of nitrogens with zero attached hydrogens (tertiary/aromatic N) is 1. The Bertz CT molecular complexity index is 162. The highest BCUT2D eigenvalue weighted by atomic mass is 35.5. The zero-order chi connectivity index (χ0) is 9.40. The Morgan fingerprint density at radius 3 is 2.58 bits per heavy atom. The molecule has 7 nitrogen and oxygen atoms in total. The summed E-state index contributed by atoms with van der Waals surface area (Å²) in [6, 6.07) is -0.324. The molecule has 0 unspecified atom stereocenters. The fraction of sp³-hybridized carbons (Fsp3) is 0.750. The summed E-state index contributed by atoms with van der Waals surface area (Å²) in [5, 5.41) is 8.57. The van der Waals surface area contributed by atoms with E-state index in [1.807, 2.05) is 0 Å². The van der Waals surface area contributed by atoms with Crippen LogP contribution in [0.3, 0.4) is 0 Å². The van der Waals surface area contributed by atoms with Gasteiger partial charge in [0.2, 0.25) is 0 Å². The molecule has 8 heteroatoms. The lowest BCUT2D eigenvalue weighted by Gasteiger charge is -2.01. The Kier molecular flexibility index (Phi) is 5.80. The highest BCUT2D eigenvalue weighted by Crippen LogP contribution is 1.87. The van der Waals surface area contributed by atoms with Crippen molar-refractivity contribution in [1.29, 1.82) is 0 Å². The molecule has 0 bridgehead atoms. The van der Waals surface area contributed by atoms with Crippen molar-refractivity contribution in [2.24, 2.45) is 0 Å². The minimum atomic E-state index is -0.990. The first-order chi connectivity index (χ1) is 5.66. The van der Waals surface area contributed by atoms with Gasteiger partial charge in [-0.25, -0.2) is 4.79 Å². The van der Waals surface area contributed by atoms with Gasteiger partial charge in [0, 0.05) is 0 Å². The molecule has 0 heterocycles. The molecule has 0 aromatic heterocycles. The summed E-state index contributed by atoms with van der Waals surface area (Å²) >= 11 is 5.00. The minimum Gasteiger partial charge on any atom is -0.432 e. The van der Waals surface area contributed by atoms with Gasteiger partial charge in [0.15, 0.2) is 6.07 Å². The van der Waals surface area contributed by atoms with Crippen LogP contribution in [0.4, 0.5) is 4.79 Å². The van der Waals surface area contributed by atoms with Gasteiger partial charge in [-0.15, -0.1) is 10.1 Å². The monoisotopic (exact) mass is 199 g/mol. The first-order valence-corrected chi connectivity index (χ1v) is 3.33. The zero-order valence-corrected chi connectivity index (χ0v) is 6.65. The van der Waals surface area contributed by atoms with E-state index in [4.69, 9.17) is 11.6 Å². The molecule has 0 rings (SSSR count). The average Bonchev–Trinajstić information content (AvgIpc) is 1.98. The predicted molar refractivity (Wildman–Crippen MR) is 36.1 cm³/mol. The fourth-order valence-corrected chi connectivity index (χ4v) is 0.412. The minimum absolute atomic E-state index is 0.253. The van der Waals surface area contributed by atoms with Crippen molar-refractivity contribution in [1.82, 2.24) is 0 Å². The van der Waals surface area contributed by atoms with Gasteiger partial charge in [-0.3, -0.25) is 0 Å². The summed E-state index contributed by atoms with van der Waals surface area (Å²) in [5.74, 6) is 0. The van der Waals surface area contributed by atoms with E-state index in [0.29, 0.717) is 0 Å². The van der Waals surface area contributed by atoms with E-state index in [9.17, 15) is 14.9 Å². The molecule has 0 aromatic rings. The molecular formula is C4H6ClNO6. The summed E-state index contributed by atoms with van der Waals surface area (Å²) in [6.45, 7) is -0.582. The third-order valence-electron chi connectivity index (χ3n) is 0.672. The van der Waals surface area contributed by atoms with Crippen LogP contribution in [0, 0.1) is 10.1 Å². The number of halogens is 1. The third kappa shape index (κ3) is 6.87. The molecule has 0 amide bonds. The molecule has 0 aliphatic heterocycles. The number of hydrogen-bond acceptors (Lipinski definition) is 6. The van der Waals surface area contributed by atoms with E-state index in [1.54, 1.807) is 0 Å². The molecule has 0 radical (unpaired) electrons. The number of carbonyl (C=O) groups excluding carboxylic acids is 1. The first kappa shape index (κ1) is 10.8. The maximum Gasteiger partial charge on any atom is 0.509 e. The van der Waals surface area contributed by atoms with Gasteiger partial charge in [0.1, 0.15) is 13.2 Å². The van der Waals surface area contributed by atoms with Crippen LogP contribution >= 0.6 is 11.6 Å². The Hall–Kier alpha value is -1.24. The summed E-state index contributed by atoms with van der Waals surface area (Å²) in [7, 11) is 0. The van der Waals surface area contributed by atoms with Gasteiger partial charge in [-0.1, -0.05) is 11.6 Å². The van der Waals surface area contributed by atoms with Gasteiger partial charge < -0.3 is 14.3 Å². The highest BCUT2D eigenvalue weighted by Gasteiger charge is 2.02. The third-order valence-corrected chi connectivity index (χ3v) is 0.781. The molecule has 0 spiro atoms. The summed E-state index contributed by atoms with van der Waals surface area (Å²) in [4.78, 5) is 23.7. The number of ether oxygens (including phenoxy) is 2. The maximum absolute atomic E-state index is 10.3. The lowest BCUT2D eigenvalue weighted by atomic mass is 10.8. The van der Waals surface area contributed by atoms with Gasteiger partial charge in [-0.2, -0.15) is 0 Å². The van der Waals surface area contributed by atoms with Crippen LogP contribution in [0.1, 0.15) is 0 Å². The number of hydrogen-bond donors (Lipinski definition) is 0. The Balaban J connectivity index is 3.19. The van der Waals surface area contributed by atoms with E-state index in [2.05, 4.69) is 14.3 Å². The summed E-state index contributed by atoms with van der Waals surface area (Å²) in [5.41, 5.74) is 0. The van der Waals surface area contributed by atoms with E-state index >= 15 is 0 Å². The average molecular weight is 200 g/mol. The smallest absolute Gasteiger partial charge is 0.432 e. The van der Waals surface area contributed by atoms with Crippen LogP contribution in [-0.2, 0) is 14.3 Å². The van der Waals surface area contributed by atoms with Crippen LogP contribution in [0.25, 0.3) is 0 Å². The molecule has 0 aromatic carbocycles. The molecule has 0 atom stereocenters. The second-order valence-corrected chi connectivity index (χ2v) is 1.63. The number of alkyl halides is 1. The van der Waals surface area contributed by atoms with Crippen molar-refractivity contribution >= 4 is 17.8 Å². The van der Waals surface area contributed by atoms with Crippen LogP contribution in [0.2, 0.25) is 0 Å². The van der Waals surface area contributed by atoms with Crippen molar-refractivity contribution in [3.05, 3.63) is 10.1 Å². The molecule has 70 valence electrons. The Labute approximate surface area is 72.2 Å². The van der Waals surface area contributed by atoms with Crippen LogP contribution in [-0.4, -0.2) is 30.5 Å². The van der Waals surface area contributed by atoms with Crippen molar-refractivity contribution in [2.45, 2.75) is 0 Å². The van der Waals surface area contributed by atoms with E-state index in [1.165, 1.54) is 0 Å². The molecule has 0 fully saturated rings. The van der Waals surface area contributed by atoms with Crippen molar-refractivity contribution in [3.63, 3.8) is 0 Å². The normalized spacial score (nSPS) is 8.75. The standard InChI is InChI=1S/C4H6ClNO6/c5-3-11-4(7)10-1-2-12-6(8)9/h1-3H2. The predicted octanol–water partition coefficient (Wildman–Crippen LogP) is 0.544. The summed E-state index contributed by atoms with van der Waals surface area (Å²) < 4.78 is 8.39. The zero-order valence-electron chi connectivity index (χ0n) is 5.90. The van der Waals surface area contributed by atoms with Crippen LogP contribution in [0.15, 0.2) is 0 Å². The highest BCUT2D eigenvalue weighted by molar-refractivity contribution is 6.17. The fourth-order valence-electron chi connectivity index (χ4n) is 0.323. The largest absolute Gasteiger partial charge is 0.509 e. The van der Waals surface area contributed by atoms with E-state index < -0.39 is 11.2 Å². The van der Waals surface area contributed by atoms with Gasteiger partial charge in [-0.05, 0) is 0 Å². The van der Waals surface area contributed by atoms with Crippen LogP contribution < -0.4 is 0 Å². The van der Waals surface area contributed by atoms with Crippen molar-refractivity contribution in [3.8, 4) is 0 Å². The molecule has 0 aliphatic carbocycles. The number of carbonyl (C=O) groups is 1. The lowest BCUT2D eigenvalue weighted by Crippen LogP contribution is -2.13. The van der Waals surface area contributed by atoms with Gasteiger partial charge in [0.25, 0.3) is 5.09 Å². The van der Waals surface area contributed by atoms with Crippen LogP contribution in [0.5, 0.6) is 0 Å². The van der Waals surface area contributed by atoms with E-state index in [0.717, 1.165) is 0 Å².